The van der Waals surface area contributed by atoms with Crippen molar-refractivity contribution in [2.45, 2.75) is 31.9 Å². The fraction of sp³-hybridized carbons (Fsp3) is 0.455. The maximum atomic E-state index is 9.68. The van der Waals surface area contributed by atoms with Gasteiger partial charge in [-0.05, 0) is 30.0 Å². The molecule has 1 N–H and O–H groups in total. The van der Waals surface area contributed by atoms with Gasteiger partial charge in [0.25, 0.3) is 0 Å². The first-order chi connectivity index (χ1) is 6.02. The van der Waals surface area contributed by atoms with E-state index in [9.17, 15) is 5.11 Å². The largest absolute Gasteiger partial charge is 0.508 e. The summed E-state index contributed by atoms with van der Waals surface area (Å²) in [6.07, 6.45) is 0. The monoisotopic (exact) mass is 196 g/mol. The van der Waals surface area contributed by atoms with Gasteiger partial charge in [-0.25, -0.2) is 0 Å². The normalized spacial score (nSPS) is 13.3. The minimum atomic E-state index is 0.173. The third kappa shape index (κ3) is 2.41. The van der Waals surface area contributed by atoms with E-state index in [0.29, 0.717) is 11.7 Å². The quantitative estimate of drug-likeness (QED) is 0.694. The molecule has 2 heteroatoms. The molecule has 0 aromatic heterocycles. The summed E-state index contributed by atoms with van der Waals surface area (Å²) in [6.45, 7) is 6.13. The van der Waals surface area contributed by atoms with Crippen molar-refractivity contribution in [3.63, 3.8) is 0 Å². The van der Waals surface area contributed by atoms with Gasteiger partial charge in [0, 0.05) is 5.25 Å². The summed E-state index contributed by atoms with van der Waals surface area (Å²) in [6, 6.07) is 5.79. The molecule has 72 valence electrons. The molecular formula is C11H16OS. The Balaban J connectivity index is 3.06. The molecule has 0 saturated heterocycles. The van der Waals surface area contributed by atoms with Crippen LogP contribution in [0.3, 0.4) is 0 Å². The van der Waals surface area contributed by atoms with E-state index in [0.717, 1.165) is 11.1 Å². The number of hydrogen-bond acceptors (Lipinski definition) is 2. The van der Waals surface area contributed by atoms with E-state index in [1.54, 1.807) is 6.07 Å². The molecule has 0 aliphatic carbocycles. The lowest BCUT2D eigenvalue weighted by atomic mass is 9.99. The van der Waals surface area contributed by atoms with Gasteiger partial charge in [-0.2, -0.15) is 12.6 Å². The van der Waals surface area contributed by atoms with Crippen molar-refractivity contribution >= 4 is 12.6 Å². The van der Waals surface area contributed by atoms with Gasteiger partial charge in [-0.15, -0.1) is 0 Å². The third-order valence-electron chi connectivity index (χ3n) is 2.16. The fourth-order valence-corrected chi connectivity index (χ4v) is 1.47. The molecule has 0 radical (unpaired) electrons. The van der Waals surface area contributed by atoms with E-state index in [-0.39, 0.29) is 5.25 Å². The van der Waals surface area contributed by atoms with E-state index in [2.05, 4.69) is 26.5 Å². The Morgan fingerprint density at radius 2 is 1.85 bits per heavy atom. The summed E-state index contributed by atoms with van der Waals surface area (Å²) >= 11 is 4.31. The SMILES string of the molecule is CC(C)c1ccc(C(C)S)cc1O. The average Bonchev–Trinajstić information content (AvgIpc) is 2.03. The van der Waals surface area contributed by atoms with Gasteiger partial charge in [-0.3, -0.25) is 0 Å². The van der Waals surface area contributed by atoms with Crippen LogP contribution in [0.15, 0.2) is 18.2 Å². The molecule has 1 rings (SSSR count). The molecule has 13 heavy (non-hydrogen) atoms. The van der Waals surface area contributed by atoms with Crippen LogP contribution < -0.4 is 0 Å². The van der Waals surface area contributed by atoms with E-state index in [4.69, 9.17) is 0 Å². The molecule has 0 fully saturated rings. The number of phenolic OH excluding ortho intramolecular Hbond substituents is 1. The maximum absolute atomic E-state index is 9.68. The van der Waals surface area contributed by atoms with Crippen molar-refractivity contribution in [2.75, 3.05) is 0 Å². The molecule has 1 atom stereocenters. The van der Waals surface area contributed by atoms with E-state index >= 15 is 0 Å². The van der Waals surface area contributed by atoms with Crippen LogP contribution in [0.1, 0.15) is 43.1 Å². The summed E-state index contributed by atoms with van der Waals surface area (Å²) in [5, 5.41) is 9.85. The zero-order valence-corrected chi connectivity index (χ0v) is 9.18. The van der Waals surface area contributed by atoms with Crippen LogP contribution in [-0.4, -0.2) is 5.11 Å². The highest BCUT2D eigenvalue weighted by atomic mass is 32.1. The molecule has 0 aliphatic rings. The van der Waals surface area contributed by atoms with E-state index in [1.165, 1.54) is 0 Å². The number of aromatic hydroxyl groups is 1. The molecule has 0 amide bonds. The first-order valence-corrected chi connectivity index (χ1v) is 5.05. The predicted molar refractivity (Wildman–Crippen MR) is 59.6 cm³/mol. The van der Waals surface area contributed by atoms with Crippen LogP contribution in [0.2, 0.25) is 0 Å². The number of rotatable bonds is 2. The highest BCUT2D eigenvalue weighted by Gasteiger charge is 2.07. The molecule has 0 spiro atoms. The fourth-order valence-electron chi connectivity index (χ4n) is 1.31. The molecule has 0 heterocycles. The van der Waals surface area contributed by atoms with Gasteiger partial charge in [0.1, 0.15) is 5.75 Å². The standard InChI is InChI=1S/C11H16OS/c1-7(2)10-5-4-9(8(3)13)6-11(10)12/h4-8,12-13H,1-3H3. The number of thiol groups is 1. The lowest BCUT2D eigenvalue weighted by Crippen LogP contribution is -1.91. The summed E-state index contributed by atoms with van der Waals surface area (Å²) in [5.41, 5.74) is 2.06. The Bertz CT molecular complexity index is 292. The van der Waals surface area contributed by atoms with Crippen molar-refractivity contribution in [1.82, 2.24) is 0 Å². The van der Waals surface area contributed by atoms with Crippen molar-refractivity contribution in [1.29, 1.82) is 0 Å². The van der Waals surface area contributed by atoms with Gasteiger partial charge in [0.15, 0.2) is 0 Å². The second-order valence-corrected chi connectivity index (χ2v) is 4.42. The highest BCUT2D eigenvalue weighted by molar-refractivity contribution is 7.80. The summed E-state index contributed by atoms with van der Waals surface area (Å²) in [4.78, 5) is 0. The van der Waals surface area contributed by atoms with E-state index in [1.807, 2.05) is 19.1 Å². The Labute approximate surface area is 85.2 Å². The Morgan fingerprint density at radius 1 is 1.23 bits per heavy atom. The van der Waals surface area contributed by atoms with Crippen LogP contribution in [-0.2, 0) is 0 Å². The zero-order chi connectivity index (χ0) is 10.0. The van der Waals surface area contributed by atoms with Gasteiger partial charge >= 0.3 is 0 Å². The zero-order valence-electron chi connectivity index (χ0n) is 8.28. The smallest absolute Gasteiger partial charge is 0.119 e. The summed E-state index contributed by atoms with van der Waals surface area (Å²) in [5.74, 6) is 0.748. The molecule has 1 aromatic carbocycles. The van der Waals surface area contributed by atoms with Crippen molar-refractivity contribution in [3.8, 4) is 5.75 Å². The lowest BCUT2D eigenvalue weighted by molar-refractivity contribution is 0.464. The van der Waals surface area contributed by atoms with Crippen LogP contribution >= 0.6 is 12.6 Å². The van der Waals surface area contributed by atoms with Crippen LogP contribution in [0.4, 0.5) is 0 Å². The van der Waals surface area contributed by atoms with Gasteiger partial charge in [0.2, 0.25) is 0 Å². The van der Waals surface area contributed by atoms with Gasteiger partial charge < -0.3 is 5.11 Å². The summed E-state index contributed by atoms with van der Waals surface area (Å²) < 4.78 is 0. The van der Waals surface area contributed by atoms with Gasteiger partial charge in [0.05, 0.1) is 0 Å². The van der Waals surface area contributed by atoms with E-state index < -0.39 is 0 Å². The first kappa shape index (κ1) is 10.5. The van der Waals surface area contributed by atoms with Crippen molar-refractivity contribution in [2.24, 2.45) is 0 Å². The maximum Gasteiger partial charge on any atom is 0.119 e. The molecule has 1 nitrogen and oxygen atoms in total. The lowest BCUT2D eigenvalue weighted by Gasteiger charge is -2.11. The Morgan fingerprint density at radius 3 is 2.23 bits per heavy atom. The van der Waals surface area contributed by atoms with Crippen molar-refractivity contribution in [3.05, 3.63) is 29.3 Å². The molecular weight excluding hydrogens is 180 g/mol. The average molecular weight is 196 g/mol. The minimum Gasteiger partial charge on any atom is -0.508 e. The third-order valence-corrected chi connectivity index (χ3v) is 2.46. The molecule has 0 aliphatic heterocycles. The minimum absolute atomic E-state index is 0.173. The Kier molecular flexibility index (Phi) is 3.26. The van der Waals surface area contributed by atoms with Crippen molar-refractivity contribution < 1.29 is 5.11 Å². The molecule has 0 saturated carbocycles. The number of hydrogen-bond donors (Lipinski definition) is 2. The Hall–Kier alpha value is -0.630. The second-order valence-electron chi connectivity index (χ2n) is 3.65. The van der Waals surface area contributed by atoms with Crippen LogP contribution in [0.5, 0.6) is 5.75 Å². The predicted octanol–water partition coefficient (Wildman–Crippen LogP) is 3.51. The molecule has 0 bridgehead atoms. The highest BCUT2D eigenvalue weighted by Crippen LogP contribution is 2.29. The number of phenols is 1. The molecule has 1 aromatic rings. The number of benzene rings is 1. The van der Waals surface area contributed by atoms with Gasteiger partial charge in [-0.1, -0.05) is 26.0 Å². The topological polar surface area (TPSA) is 20.2 Å². The summed E-state index contributed by atoms with van der Waals surface area (Å²) in [7, 11) is 0. The first-order valence-electron chi connectivity index (χ1n) is 4.53. The molecule has 1 unspecified atom stereocenters. The van der Waals surface area contributed by atoms with Crippen LogP contribution in [0, 0.1) is 0 Å². The second kappa shape index (κ2) is 4.05. The van der Waals surface area contributed by atoms with Crippen LogP contribution in [0.25, 0.3) is 0 Å².